The number of hydrogen-bond donors (Lipinski definition) is 1. The Morgan fingerprint density at radius 2 is 1.77 bits per heavy atom. The number of aliphatic hydroxyl groups is 1. The molecule has 2 aromatic rings. The van der Waals surface area contributed by atoms with Crippen LogP contribution in [0.3, 0.4) is 0 Å². The molecule has 0 aliphatic heterocycles. The Morgan fingerprint density at radius 3 is 2.45 bits per heavy atom. The van der Waals surface area contributed by atoms with Gasteiger partial charge in [-0.25, -0.2) is 0 Å². The van der Waals surface area contributed by atoms with Gasteiger partial charge in [-0.15, -0.1) is 0 Å². The topological polar surface area (TPSA) is 55.8 Å². The van der Waals surface area contributed by atoms with Crippen LogP contribution in [-0.2, 0) is 17.8 Å². The van der Waals surface area contributed by atoms with Crippen molar-refractivity contribution in [3.63, 3.8) is 0 Å². The largest absolute Gasteiger partial charge is 0.493 e. The van der Waals surface area contributed by atoms with Crippen molar-refractivity contribution in [2.24, 2.45) is 5.92 Å². The Hall–Kier alpha value is -2.59. The van der Waals surface area contributed by atoms with E-state index in [0.29, 0.717) is 30.4 Å². The van der Waals surface area contributed by atoms with Crippen molar-refractivity contribution in [2.75, 3.05) is 7.11 Å². The summed E-state index contributed by atoms with van der Waals surface area (Å²) in [6.07, 6.45) is 4.84. The first-order valence-corrected chi connectivity index (χ1v) is 11.1. The third-order valence-corrected chi connectivity index (χ3v) is 5.36. The number of carbonyl (C=O) groups excluding carboxylic acids is 1. The molecule has 4 heteroatoms. The summed E-state index contributed by atoms with van der Waals surface area (Å²) in [6, 6.07) is 15.5. The fourth-order valence-corrected chi connectivity index (χ4v) is 3.39. The van der Waals surface area contributed by atoms with E-state index in [1.807, 2.05) is 48.5 Å². The Bertz CT molecular complexity index is 838. The van der Waals surface area contributed by atoms with Crippen LogP contribution in [0.4, 0.5) is 0 Å². The molecule has 0 saturated carbocycles. The van der Waals surface area contributed by atoms with Crippen molar-refractivity contribution >= 4 is 5.78 Å². The minimum atomic E-state index is -0.995. The van der Waals surface area contributed by atoms with Crippen LogP contribution in [0.1, 0.15) is 57.6 Å². The zero-order valence-corrected chi connectivity index (χ0v) is 19.3. The van der Waals surface area contributed by atoms with Crippen molar-refractivity contribution in [3.8, 4) is 11.5 Å². The molecule has 0 aliphatic carbocycles. The van der Waals surface area contributed by atoms with Crippen molar-refractivity contribution in [1.82, 2.24) is 0 Å². The highest BCUT2D eigenvalue weighted by Crippen LogP contribution is 2.29. The molecule has 0 aliphatic rings. The molecule has 0 heterocycles. The number of allylic oxidation sites excluding steroid dienone is 2. The Balaban J connectivity index is 1.85. The summed E-state index contributed by atoms with van der Waals surface area (Å²) in [7, 11) is 1.59. The lowest BCUT2D eigenvalue weighted by atomic mass is 9.95. The molecule has 0 bridgehead atoms. The second-order valence-corrected chi connectivity index (χ2v) is 8.45. The number of aliphatic hydroxyl groups excluding tert-OH is 1. The highest BCUT2D eigenvalue weighted by molar-refractivity contribution is 5.83. The summed E-state index contributed by atoms with van der Waals surface area (Å²) in [4.78, 5) is 12.4. The Labute approximate surface area is 186 Å². The van der Waals surface area contributed by atoms with Gasteiger partial charge in [-0.05, 0) is 62.3 Å². The molecule has 2 aromatic carbocycles. The highest BCUT2D eigenvalue weighted by atomic mass is 16.5. The van der Waals surface area contributed by atoms with Gasteiger partial charge in [-0.2, -0.15) is 0 Å². The number of Topliss-reactive ketones (excluding diaryl/α,β-unsaturated/α-hetero) is 1. The van der Waals surface area contributed by atoms with Gasteiger partial charge in [0.25, 0.3) is 0 Å². The van der Waals surface area contributed by atoms with E-state index < -0.39 is 6.10 Å². The van der Waals surface area contributed by atoms with E-state index in [1.165, 1.54) is 5.57 Å². The SMILES string of the molecule is COc1cc(CC(O)C(=O)CCC(C)CCC=C(C)C)ccc1OCc1ccccc1. The number of carbonyl (C=O) groups is 1. The smallest absolute Gasteiger partial charge is 0.161 e. The van der Waals surface area contributed by atoms with Crippen LogP contribution in [0.15, 0.2) is 60.2 Å². The van der Waals surface area contributed by atoms with E-state index in [2.05, 4.69) is 26.8 Å². The number of benzene rings is 2. The lowest BCUT2D eigenvalue weighted by molar-refractivity contribution is -0.127. The molecule has 4 nitrogen and oxygen atoms in total. The van der Waals surface area contributed by atoms with E-state index in [1.54, 1.807) is 7.11 Å². The molecule has 0 spiro atoms. The van der Waals surface area contributed by atoms with Gasteiger partial charge in [0.1, 0.15) is 12.7 Å². The quantitative estimate of drug-likeness (QED) is 0.406. The summed E-state index contributed by atoms with van der Waals surface area (Å²) in [5.41, 5.74) is 3.25. The molecule has 168 valence electrons. The van der Waals surface area contributed by atoms with Gasteiger partial charge >= 0.3 is 0 Å². The molecule has 0 aromatic heterocycles. The average Bonchev–Trinajstić information content (AvgIpc) is 2.76. The third-order valence-electron chi connectivity index (χ3n) is 5.36. The first-order chi connectivity index (χ1) is 14.9. The minimum Gasteiger partial charge on any atom is -0.493 e. The minimum absolute atomic E-state index is 0.0996. The van der Waals surface area contributed by atoms with Crippen LogP contribution < -0.4 is 9.47 Å². The lowest BCUT2D eigenvalue weighted by Gasteiger charge is -2.15. The van der Waals surface area contributed by atoms with Crippen LogP contribution in [0.2, 0.25) is 0 Å². The van der Waals surface area contributed by atoms with Crippen LogP contribution in [-0.4, -0.2) is 24.1 Å². The van der Waals surface area contributed by atoms with E-state index in [0.717, 1.165) is 30.4 Å². The number of ketones is 1. The molecule has 0 saturated heterocycles. The van der Waals surface area contributed by atoms with Crippen molar-refractivity contribution in [1.29, 1.82) is 0 Å². The van der Waals surface area contributed by atoms with Gasteiger partial charge in [-0.1, -0.05) is 55.0 Å². The summed E-state index contributed by atoms with van der Waals surface area (Å²) in [5.74, 6) is 1.60. The predicted molar refractivity (Wildman–Crippen MR) is 126 cm³/mol. The monoisotopic (exact) mass is 424 g/mol. The molecule has 31 heavy (non-hydrogen) atoms. The zero-order valence-electron chi connectivity index (χ0n) is 19.3. The number of rotatable bonds is 13. The molecule has 2 atom stereocenters. The van der Waals surface area contributed by atoms with E-state index in [9.17, 15) is 9.90 Å². The van der Waals surface area contributed by atoms with Crippen LogP contribution in [0.5, 0.6) is 11.5 Å². The first kappa shape index (κ1) is 24.7. The number of hydrogen-bond acceptors (Lipinski definition) is 4. The molecular formula is C27H36O4. The highest BCUT2D eigenvalue weighted by Gasteiger charge is 2.18. The third kappa shape index (κ3) is 8.97. The summed E-state index contributed by atoms with van der Waals surface area (Å²) >= 11 is 0. The van der Waals surface area contributed by atoms with Crippen molar-refractivity contribution in [2.45, 2.75) is 65.6 Å². The van der Waals surface area contributed by atoms with Gasteiger partial charge in [0, 0.05) is 12.8 Å². The molecule has 0 amide bonds. The lowest BCUT2D eigenvalue weighted by Crippen LogP contribution is -2.23. The maximum atomic E-state index is 12.4. The molecule has 0 fully saturated rings. The zero-order chi connectivity index (χ0) is 22.6. The second-order valence-electron chi connectivity index (χ2n) is 8.45. The Kier molecular flexibility index (Phi) is 10.3. The van der Waals surface area contributed by atoms with Crippen molar-refractivity contribution < 1.29 is 19.4 Å². The maximum absolute atomic E-state index is 12.4. The average molecular weight is 425 g/mol. The van der Waals surface area contributed by atoms with Gasteiger partial charge in [0.05, 0.1) is 7.11 Å². The maximum Gasteiger partial charge on any atom is 0.161 e. The summed E-state index contributed by atoms with van der Waals surface area (Å²) in [6.45, 7) is 6.81. The normalized spacial score (nSPS) is 12.7. The fraction of sp³-hybridized carbons (Fsp3) is 0.444. The van der Waals surface area contributed by atoms with E-state index in [-0.39, 0.29) is 12.2 Å². The van der Waals surface area contributed by atoms with E-state index in [4.69, 9.17) is 9.47 Å². The fourth-order valence-electron chi connectivity index (χ4n) is 3.39. The van der Waals surface area contributed by atoms with Crippen LogP contribution in [0, 0.1) is 5.92 Å². The van der Waals surface area contributed by atoms with Crippen LogP contribution in [0.25, 0.3) is 0 Å². The van der Waals surface area contributed by atoms with Gasteiger partial charge in [-0.3, -0.25) is 4.79 Å². The second kappa shape index (κ2) is 13.0. The summed E-state index contributed by atoms with van der Waals surface area (Å²) < 4.78 is 11.3. The van der Waals surface area contributed by atoms with Gasteiger partial charge < -0.3 is 14.6 Å². The van der Waals surface area contributed by atoms with Gasteiger partial charge in [0.2, 0.25) is 0 Å². The molecule has 0 radical (unpaired) electrons. The van der Waals surface area contributed by atoms with Gasteiger partial charge in [0.15, 0.2) is 17.3 Å². The number of ether oxygens (including phenoxy) is 2. The molecular weight excluding hydrogens is 388 g/mol. The molecule has 2 rings (SSSR count). The summed E-state index contributed by atoms with van der Waals surface area (Å²) in [5, 5.41) is 10.4. The number of methoxy groups -OCH3 is 1. The van der Waals surface area contributed by atoms with E-state index >= 15 is 0 Å². The Morgan fingerprint density at radius 1 is 1.03 bits per heavy atom. The standard InChI is InChI=1S/C27H36O4/c1-20(2)9-8-10-21(3)13-15-24(28)25(29)17-23-14-16-26(27(18-23)30-4)31-19-22-11-6-5-7-12-22/h5-7,9,11-12,14,16,18,21,25,29H,8,10,13,15,17,19H2,1-4H3. The predicted octanol–water partition coefficient (Wildman–Crippen LogP) is 5.91. The van der Waals surface area contributed by atoms with Crippen LogP contribution >= 0.6 is 0 Å². The van der Waals surface area contributed by atoms with Crippen molar-refractivity contribution in [3.05, 3.63) is 71.3 Å². The molecule has 1 N–H and O–H groups in total. The first-order valence-electron chi connectivity index (χ1n) is 11.1. The molecule has 2 unspecified atom stereocenters.